The summed E-state index contributed by atoms with van der Waals surface area (Å²) in [5, 5.41) is 5.06. The molecular formula is C36H39N3O4. The number of anilines is 1. The Labute approximate surface area is 253 Å². The maximum atomic E-state index is 14.1. The van der Waals surface area contributed by atoms with Crippen LogP contribution in [0.4, 0.5) is 5.69 Å². The number of nitrogens with zero attached hydrogens (tertiary/aromatic N) is 2. The molecule has 1 aliphatic rings. The summed E-state index contributed by atoms with van der Waals surface area (Å²) >= 11 is 0. The first-order chi connectivity index (χ1) is 20.9. The SMILES string of the molecule is COc1cccc(CN(C(=O)CCCN2C(=O)c3cccc4cccc2c34)[C@H](Cc2ccccc2)C(=O)NCC(C)C)c1. The van der Waals surface area contributed by atoms with Crippen LogP contribution in [-0.4, -0.2) is 48.9 Å². The van der Waals surface area contributed by atoms with Crippen molar-refractivity contribution in [2.24, 2.45) is 5.92 Å². The number of rotatable bonds is 13. The molecule has 0 spiro atoms. The van der Waals surface area contributed by atoms with Crippen LogP contribution in [0.3, 0.4) is 0 Å². The normalized spacial score (nSPS) is 12.9. The van der Waals surface area contributed by atoms with Gasteiger partial charge in [-0.3, -0.25) is 14.4 Å². The maximum Gasteiger partial charge on any atom is 0.258 e. The molecule has 4 aromatic rings. The minimum Gasteiger partial charge on any atom is -0.497 e. The number of carbonyl (C=O) groups is 3. The van der Waals surface area contributed by atoms with E-state index in [0.29, 0.717) is 37.2 Å². The summed E-state index contributed by atoms with van der Waals surface area (Å²) in [5.41, 5.74) is 3.43. The molecule has 0 saturated carbocycles. The van der Waals surface area contributed by atoms with Crippen molar-refractivity contribution in [3.05, 3.63) is 108 Å². The Morgan fingerprint density at radius 3 is 2.37 bits per heavy atom. The third-order valence-electron chi connectivity index (χ3n) is 7.86. The Balaban J connectivity index is 1.38. The quantitative estimate of drug-likeness (QED) is 0.211. The van der Waals surface area contributed by atoms with Crippen molar-refractivity contribution >= 4 is 34.2 Å². The number of nitrogens with one attached hydrogen (secondary N) is 1. The van der Waals surface area contributed by atoms with Crippen LogP contribution in [0.5, 0.6) is 5.75 Å². The second-order valence-electron chi connectivity index (χ2n) is 11.5. The average Bonchev–Trinajstić information content (AvgIpc) is 3.30. The van der Waals surface area contributed by atoms with Crippen LogP contribution in [0.2, 0.25) is 0 Å². The van der Waals surface area contributed by atoms with E-state index in [1.165, 1.54) is 0 Å². The molecule has 3 amide bonds. The van der Waals surface area contributed by atoms with Gasteiger partial charge in [-0.05, 0) is 53.1 Å². The topological polar surface area (TPSA) is 79.0 Å². The van der Waals surface area contributed by atoms with Crippen LogP contribution in [0.15, 0.2) is 91.0 Å². The van der Waals surface area contributed by atoms with Gasteiger partial charge in [0.15, 0.2) is 0 Å². The number of benzene rings is 4. The lowest BCUT2D eigenvalue weighted by molar-refractivity contribution is -0.141. The second kappa shape index (κ2) is 13.6. The van der Waals surface area contributed by atoms with Gasteiger partial charge < -0.3 is 19.9 Å². The lowest BCUT2D eigenvalue weighted by Crippen LogP contribution is -2.51. The van der Waals surface area contributed by atoms with Crippen LogP contribution in [0.1, 0.15) is 48.2 Å². The fraction of sp³-hybridized carbons (Fsp3) is 0.306. The predicted octanol–water partition coefficient (Wildman–Crippen LogP) is 6.00. The van der Waals surface area contributed by atoms with Crippen molar-refractivity contribution in [3.8, 4) is 5.75 Å². The van der Waals surface area contributed by atoms with Gasteiger partial charge in [0.1, 0.15) is 11.8 Å². The third-order valence-corrected chi connectivity index (χ3v) is 7.86. The number of amides is 3. The van der Waals surface area contributed by atoms with Gasteiger partial charge in [0.05, 0.1) is 12.8 Å². The largest absolute Gasteiger partial charge is 0.497 e. The van der Waals surface area contributed by atoms with Crippen molar-refractivity contribution in [1.82, 2.24) is 10.2 Å². The molecule has 4 aromatic carbocycles. The molecule has 0 bridgehead atoms. The molecule has 0 unspecified atom stereocenters. The monoisotopic (exact) mass is 577 g/mol. The Bertz CT molecular complexity index is 1600. The lowest BCUT2D eigenvalue weighted by Gasteiger charge is -2.32. The van der Waals surface area contributed by atoms with Crippen molar-refractivity contribution in [3.63, 3.8) is 0 Å². The first kappa shape index (κ1) is 29.8. The average molecular weight is 578 g/mol. The zero-order valence-corrected chi connectivity index (χ0v) is 25.1. The Morgan fingerprint density at radius 2 is 1.63 bits per heavy atom. The highest BCUT2D eigenvalue weighted by atomic mass is 16.5. The van der Waals surface area contributed by atoms with Gasteiger partial charge in [0.2, 0.25) is 11.8 Å². The number of ether oxygens (including phenoxy) is 1. The van der Waals surface area contributed by atoms with E-state index >= 15 is 0 Å². The second-order valence-corrected chi connectivity index (χ2v) is 11.5. The third kappa shape index (κ3) is 6.88. The molecule has 5 rings (SSSR count). The Kier molecular flexibility index (Phi) is 9.40. The van der Waals surface area contributed by atoms with Gasteiger partial charge in [-0.2, -0.15) is 0 Å². The highest BCUT2D eigenvalue weighted by molar-refractivity contribution is 6.25. The molecule has 7 nitrogen and oxygen atoms in total. The van der Waals surface area contributed by atoms with Gasteiger partial charge in [0.25, 0.3) is 5.91 Å². The van der Waals surface area contributed by atoms with Gasteiger partial charge in [-0.25, -0.2) is 0 Å². The van der Waals surface area contributed by atoms with E-state index in [9.17, 15) is 14.4 Å². The summed E-state index contributed by atoms with van der Waals surface area (Å²) in [6.45, 7) is 5.28. The molecule has 0 aliphatic carbocycles. The number of methoxy groups -OCH3 is 1. The van der Waals surface area contributed by atoms with Crippen molar-refractivity contribution in [2.45, 2.75) is 45.7 Å². The smallest absolute Gasteiger partial charge is 0.258 e. The molecule has 1 atom stereocenters. The fourth-order valence-corrected chi connectivity index (χ4v) is 5.68. The van der Waals surface area contributed by atoms with Crippen LogP contribution < -0.4 is 15.0 Å². The van der Waals surface area contributed by atoms with E-state index in [2.05, 4.69) is 5.32 Å². The Hall–Kier alpha value is -4.65. The molecule has 222 valence electrons. The summed E-state index contributed by atoms with van der Waals surface area (Å²) in [6.07, 6.45) is 1.06. The van der Waals surface area contributed by atoms with Gasteiger partial charge >= 0.3 is 0 Å². The van der Waals surface area contributed by atoms with Crippen LogP contribution >= 0.6 is 0 Å². The van der Waals surface area contributed by atoms with E-state index in [1.54, 1.807) is 16.9 Å². The van der Waals surface area contributed by atoms with Crippen molar-refractivity contribution < 1.29 is 19.1 Å². The van der Waals surface area contributed by atoms with E-state index in [-0.39, 0.29) is 36.6 Å². The molecule has 0 saturated heterocycles. The molecule has 43 heavy (non-hydrogen) atoms. The molecule has 0 aromatic heterocycles. The molecule has 1 heterocycles. The number of hydrogen-bond donors (Lipinski definition) is 1. The zero-order chi connectivity index (χ0) is 30.3. The molecule has 0 fully saturated rings. The minimum atomic E-state index is -0.703. The highest BCUT2D eigenvalue weighted by Gasteiger charge is 2.32. The van der Waals surface area contributed by atoms with Crippen LogP contribution in [0.25, 0.3) is 10.8 Å². The molecule has 7 heteroatoms. The van der Waals surface area contributed by atoms with Crippen molar-refractivity contribution in [2.75, 3.05) is 25.1 Å². The summed E-state index contributed by atoms with van der Waals surface area (Å²) < 4.78 is 5.43. The number of carbonyl (C=O) groups excluding carboxylic acids is 3. The fourth-order valence-electron chi connectivity index (χ4n) is 5.68. The highest BCUT2D eigenvalue weighted by Crippen LogP contribution is 2.37. The first-order valence-electron chi connectivity index (χ1n) is 14.9. The van der Waals surface area contributed by atoms with E-state index in [1.807, 2.05) is 105 Å². The van der Waals surface area contributed by atoms with Crippen LogP contribution in [-0.2, 0) is 22.6 Å². The first-order valence-corrected chi connectivity index (χ1v) is 14.9. The summed E-state index contributed by atoms with van der Waals surface area (Å²) in [7, 11) is 1.61. The van der Waals surface area contributed by atoms with Gasteiger partial charge in [0, 0.05) is 43.4 Å². The van der Waals surface area contributed by atoms with Crippen molar-refractivity contribution in [1.29, 1.82) is 0 Å². The zero-order valence-electron chi connectivity index (χ0n) is 25.1. The Morgan fingerprint density at radius 1 is 0.907 bits per heavy atom. The molecule has 0 radical (unpaired) electrons. The van der Waals surface area contributed by atoms with Crippen LogP contribution in [0, 0.1) is 5.92 Å². The lowest BCUT2D eigenvalue weighted by atomic mass is 10.0. The molecule has 1 aliphatic heterocycles. The van der Waals surface area contributed by atoms with E-state index in [4.69, 9.17) is 4.74 Å². The van der Waals surface area contributed by atoms with E-state index < -0.39 is 6.04 Å². The number of hydrogen-bond acceptors (Lipinski definition) is 4. The summed E-state index contributed by atoms with van der Waals surface area (Å²) in [5.74, 6) is 0.615. The summed E-state index contributed by atoms with van der Waals surface area (Å²) in [4.78, 5) is 44.5. The van der Waals surface area contributed by atoms with Gasteiger partial charge in [-0.15, -0.1) is 0 Å². The standard InChI is InChI=1S/C36H39N3O4/c1-25(2)23-37-35(41)32(22-26-11-5-4-6-12-26)39(24-27-13-7-16-29(21-27)43-3)33(40)19-10-20-38-31-18-9-15-28-14-8-17-30(34(28)31)36(38)42/h4-9,11-18,21,25,32H,10,19-20,22-24H2,1-3H3,(H,37,41)/t32-/m1/s1. The predicted molar refractivity (Wildman–Crippen MR) is 170 cm³/mol. The van der Waals surface area contributed by atoms with E-state index in [0.717, 1.165) is 27.6 Å². The summed E-state index contributed by atoms with van der Waals surface area (Å²) in [6, 6.07) is 28.4. The van der Waals surface area contributed by atoms with Gasteiger partial charge in [-0.1, -0.05) is 80.6 Å². The maximum absolute atomic E-state index is 14.1. The minimum absolute atomic E-state index is 0.0393. The molecular weight excluding hydrogens is 538 g/mol. The molecule has 1 N–H and O–H groups in total.